The van der Waals surface area contributed by atoms with E-state index in [-0.39, 0.29) is 17.6 Å². The van der Waals surface area contributed by atoms with Crippen LogP contribution in [-0.2, 0) is 10.2 Å². The highest BCUT2D eigenvalue weighted by Gasteiger charge is 2.31. The zero-order chi connectivity index (χ0) is 18.8. The van der Waals surface area contributed by atoms with E-state index in [1.54, 1.807) is 11.2 Å². The molecular weight excluding hydrogens is 316 g/mol. The third kappa shape index (κ3) is 4.83. The van der Waals surface area contributed by atoms with Crippen LogP contribution in [-0.4, -0.2) is 52.2 Å². The van der Waals surface area contributed by atoms with Crippen molar-refractivity contribution >= 4 is 11.9 Å². The molecule has 1 atom stereocenters. The first-order valence-electron chi connectivity index (χ1n) is 9.10. The number of rotatable bonds is 3. The van der Waals surface area contributed by atoms with Crippen molar-refractivity contribution in [3.8, 4) is 0 Å². The minimum Gasteiger partial charge on any atom is -0.444 e. The van der Waals surface area contributed by atoms with Crippen LogP contribution in [0.2, 0.25) is 0 Å². The summed E-state index contributed by atoms with van der Waals surface area (Å²) in [6, 6.07) is 2.26. The second-order valence-electron chi connectivity index (χ2n) is 8.47. The minimum atomic E-state index is -0.468. The summed E-state index contributed by atoms with van der Waals surface area (Å²) in [7, 11) is 0. The molecule has 0 saturated carbocycles. The molecule has 2 heterocycles. The molecule has 2 rings (SSSR count). The summed E-state index contributed by atoms with van der Waals surface area (Å²) in [5, 5.41) is 0. The van der Waals surface area contributed by atoms with Gasteiger partial charge in [-0.25, -0.2) is 14.8 Å². The van der Waals surface area contributed by atoms with Gasteiger partial charge in [-0.05, 0) is 34.1 Å². The molecule has 1 aliphatic rings. The summed E-state index contributed by atoms with van der Waals surface area (Å²) in [6.07, 6.45) is 2.43. The third-order valence-electron chi connectivity index (χ3n) is 4.80. The van der Waals surface area contributed by atoms with Gasteiger partial charge in [0, 0.05) is 37.2 Å². The van der Waals surface area contributed by atoms with Crippen molar-refractivity contribution < 1.29 is 9.53 Å². The SMILES string of the molecule is CCC(C)(C)c1cc(N2CCN(C(=O)OC(C)(C)C)C[C@@H]2C)ncn1. The molecule has 1 aliphatic heterocycles. The van der Waals surface area contributed by atoms with E-state index in [1.165, 1.54) is 0 Å². The first-order valence-corrected chi connectivity index (χ1v) is 9.10. The molecule has 0 unspecified atom stereocenters. The Kier molecular flexibility index (Phi) is 5.59. The highest BCUT2D eigenvalue weighted by molar-refractivity contribution is 5.68. The molecule has 0 bridgehead atoms. The van der Waals surface area contributed by atoms with E-state index in [2.05, 4.69) is 48.6 Å². The first kappa shape index (κ1) is 19.5. The monoisotopic (exact) mass is 348 g/mol. The van der Waals surface area contributed by atoms with Gasteiger partial charge >= 0.3 is 6.09 Å². The van der Waals surface area contributed by atoms with Crippen LogP contribution in [0, 0.1) is 0 Å². The summed E-state index contributed by atoms with van der Waals surface area (Å²) in [5.74, 6) is 0.933. The van der Waals surface area contributed by atoms with Gasteiger partial charge in [-0.3, -0.25) is 0 Å². The second-order valence-corrected chi connectivity index (χ2v) is 8.47. The molecule has 0 N–H and O–H groups in total. The fourth-order valence-corrected chi connectivity index (χ4v) is 2.85. The van der Waals surface area contributed by atoms with Gasteiger partial charge in [0.2, 0.25) is 0 Å². The maximum Gasteiger partial charge on any atom is 0.410 e. The highest BCUT2D eigenvalue weighted by atomic mass is 16.6. The van der Waals surface area contributed by atoms with Crippen molar-refractivity contribution in [2.45, 2.75) is 71.9 Å². The molecule has 0 spiro atoms. The minimum absolute atomic E-state index is 0.0270. The van der Waals surface area contributed by atoms with Gasteiger partial charge in [0.1, 0.15) is 17.7 Å². The molecule has 1 fully saturated rings. The lowest BCUT2D eigenvalue weighted by Gasteiger charge is -2.41. The second kappa shape index (κ2) is 7.18. The number of aromatic nitrogens is 2. The van der Waals surface area contributed by atoms with Gasteiger partial charge < -0.3 is 14.5 Å². The zero-order valence-corrected chi connectivity index (χ0v) is 16.7. The number of anilines is 1. The third-order valence-corrected chi connectivity index (χ3v) is 4.80. The van der Waals surface area contributed by atoms with Crippen molar-refractivity contribution in [2.24, 2.45) is 0 Å². The van der Waals surface area contributed by atoms with Crippen molar-refractivity contribution in [2.75, 3.05) is 24.5 Å². The Bertz CT molecular complexity index is 610. The molecule has 140 valence electrons. The van der Waals surface area contributed by atoms with Crippen LogP contribution in [0.5, 0.6) is 0 Å². The fourth-order valence-electron chi connectivity index (χ4n) is 2.85. The maximum atomic E-state index is 12.3. The average molecular weight is 348 g/mol. The highest BCUT2D eigenvalue weighted by Crippen LogP contribution is 2.28. The normalized spacial score (nSPS) is 19.1. The molecule has 1 amide bonds. The predicted octanol–water partition coefficient (Wildman–Crippen LogP) is 3.61. The molecule has 0 aromatic carbocycles. The molecule has 1 aromatic rings. The van der Waals surface area contributed by atoms with Gasteiger partial charge in [-0.1, -0.05) is 20.8 Å². The fraction of sp³-hybridized carbons (Fsp3) is 0.737. The Morgan fingerprint density at radius 1 is 1.24 bits per heavy atom. The molecule has 1 saturated heterocycles. The van der Waals surface area contributed by atoms with Gasteiger partial charge in [-0.2, -0.15) is 0 Å². The van der Waals surface area contributed by atoms with Gasteiger partial charge in [-0.15, -0.1) is 0 Å². The quantitative estimate of drug-likeness (QED) is 0.835. The standard InChI is InChI=1S/C19H32N4O2/c1-8-19(6,7)15-11-16(21-13-20-15)23-10-9-22(12-14(23)2)17(24)25-18(3,4)5/h11,13-14H,8-10,12H2,1-7H3/t14-/m0/s1. The van der Waals surface area contributed by atoms with Crippen LogP contribution in [0.15, 0.2) is 12.4 Å². The van der Waals surface area contributed by atoms with Crippen molar-refractivity contribution in [3.63, 3.8) is 0 Å². The number of amides is 1. The molecule has 0 aliphatic carbocycles. The Balaban J connectivity index is 2.09. The van der Waals surface area contributed by atoms with E-state index >= 15 is 0 Å². The first-order chi connectivity index (χ1) is 11.5. The summed E-state index contributed by atoms with van der Waals surface area (Å²) in [5.41, 5.74) is 0.617. The van der Waals surface area contributed by atoms with Crippen LogP contribution >= 0.6 is 0 Å². The van der Waals surface area contributed by atoms with Crippen LogP contribution in [0.4, 0.5) is 10.6 Å². The van der Waals surface area contributed by atoms with Gasteiger partial charge in [0.15, 0.2) is 0 Å². The summed E-state index contributed by atoms with van der Waals surface area (Å²) in [4.78, 5) is 25.3. The molecule has 1 aromatic heterocycles. The Morgan fingerprint density at radius 3 is 2.48 bits per heavy atom. The molecule has 25 heavy (non-hydrogen) atoms. The predicted molar refractivity (Wildman–Crippen MR) is 100.0 cm³/mol. The lowest BCUT2D eigenvalue weighted by molar-refractivity contribution is 0.0218. The largest absolute Gasteiger partial charge is 0.444 e. The summed E-state index contributed by atoms with van der Waals surface area (Å²) in [6.45, 7) is 16.4. The summed E-state index contributed by atoms with van der Waals surface area (Å²) >= 11 is 0. The number of hydrogen-bond donors (Lipinski definition) is 0. The zero-order valence-electron chi connectivity index (χ0n) is 16.7. The lowest BCUT2D eigenvalue weighted by atomic mass is 9.86. The smallest absolute Gasteiger partial charge is 0.410 e. The van der Waals surface area contributed by atoms with E-state index < -0.39 is 5.60 Å². The van der Waals surface area contributed by atoms with Crippen LogP contribution in [0.25, 0.3) is 0 Å². The topological polar surface area (TPSA) is 58.6 Å². The molecular formula is C19H32N4O2. The number of carbonyl (C=O) groups is 1. The Morgan fingerprint density at radius 2 is 1.92 bits per heavy atom. The average Bonchev–Trinajstić information content (AvgIpc) is 2.53. The van der Waals surface area contributed by atoms with E-state index in [9.17, 15) is 4.79 Å². The Labute approximate surface area is 151 Å². The molecule has 6 heteroatoms. The Hall–Kier alpha value is -1.85. The van der Waals surface area contributed by atoms with E-state index in [4.69, 9.17) is 4.74 Å². The number of nitrogens with zero attached hydrogens (tertiary/aromatic N) is 4. The molecule has 6 nitrogen and oxygen atoms in total. The van der Waals surface area contributed by atoms with Crippen LogP contribution in [0.3, 0.4) is 0 Å². The van der Waals surface area contributed by atoms with Gasteiger partial charge in [0.05, 0.1) is 5.69 Å². The van der Waals surface area contributed by atoms with E-state index in [0.717, 1.165) is 24.5 Å². The van der Waals surface area contributed by atoms with E-state index in [1.807, 2.05) is 20.8 Å². The number of piperazine rings is 1. The van der Waals surface area contributed by atoms with Gasteiger partial charge in [0.25, 0.3) is 0 Å². The van der Waals surface area contributed by atoms with Crippen molar-refractivity contribution in [3.05, 3.63) is 18.1 Å². The van der Waals surface area contributed by atoms with Crippen molar-refractivity contribution in [1.29, 1.82) is 0 Å². The maximum absolute atomic E-state index is 12.3. The lowest BCUT2D eigenvalue weighted by Crippen LogP contribution is -2.54. The van der Waals surface area contributed by atoms with Crippen LogP contribution < -0.4 is 4.90 Å². The number of ether oxygens (including phenoxy) is 1. The molecule has 0 radical (unpaired) electrons. The number of hydrogen-bond acceptors (Lipinski definition) is 5. The van der Waals surface area contributed by atoms with Crippen LogP contribution in [0.1, 0.15) is 60.6 Å². The number of carbonyl (C=O) groups excluding carboxylic acids is 1. The van der Waals surface area contributed by atoms with Crippen molar-refractivity contribution in [1.82, 2.24) is 14.9 Å². The summed E-state index contributed by atoms with van der Waals surface area (Å²) < 4.78 is 5.49. The van der Waals surface area contributed by atoms with E-state index in [0.29, 0.717) is 13.1 Å².